The maximum atomic E-state index is 11.3. The predicted octanol–water partition coefficient (Wildman–Crippen LogP) is 2.57. The van der Waals surface area contributed by atoms with Crippen molar-refractivity contribution in [3.63, 3.8) is 0 Å². The Hall–Kier alpha value is -1.59. The molecule has 0 unspecified atom stereocenters. The van der Waals surface area contributed by atoms with Crippen molar-refractivity contribution in [1.82, 2.24) is 0 Å². The molecule has 0 saturated carbocycles. The van der Waals surface area contributed by atoms with E-state index in [-0.39, 0.29) is 6.54 Å². The zero-order valence-corrected chi connectivity index (χ0v) is 10.7. The fourth-order valence-electron chi connectivity index (χ4n) is 1.58. The number of carbonyl (C=O) groups is 1. The Bertz CT molecular complexity index is 349. The second kappa shape index (κ2) is 7.68. The van der Waals surface area contributed by atoms with Crippen LogP contribution in [0.25, 0.3) is 0 Å². The first-order valence-corrected chi connectivity index (χ1v) is 5.97. The van der Waals surface area contributed by atoms with Crippen molar-refractivity contribution in [2.75, 3.05) is 24.7 Å². The normalized spacial score (nSPS) is 10.6. The van der Waals surface area contributed by atoms with E-state index in [0.717, 1.165) is 0 Å². The zero-order valence-electron chi connectivity index (χ0n) is 10.7. The number of para-hydroxylation sites is 1. The van der Waals surface area contributed by atoms with Gasteiger partial charge in [-0.2, -0.15) is 0 Å². The minimum Gasteiger partial charge on any atom is -0.465 e. The van der Waals surface area contributed by atoms with Crippen molar-refractivity contribution in [1.29, 1.82) is 0 Å². The van der Waals surface area contributed by atoms with E-state index in [2.05, 4.69) is 0 Å². The smallest absolute Gasteiger partial charge is 0.411 e. The van der Waals surface area contributed by atoms with Crippen molar-refractivity contribution < 1.29 is 19.4 Å². The molecule has 5 nitrogen and oxygen atoms in total. The summed E-state index contributed by atoms with van der Waals surface area (Å²) in [5, 5.41) is 9.23. The summed E-state index contributed by atoms with van der Waals surface area (Å²) in [4.78, 5) is 12.5. The Morgan fingerprint density at radius 1 is 1.22 bits per heavy atom. The van der Waals surface area contributed by atoms with Crippen LogP contribution in [0.5, 0.6) is 0 Å². The Labute approximate surface area is 107 Å². The molecule has 1 rings (SSSR count). The molecule has 1 aromatic carbocycles. The zero-order chi connectivity index (χ0) is 13.4. The van der Waals surface area contributed by atoms with Gasteiger partial charge >= 0.3 is 6.09 Å². The average molecular weight is 253 g/mol. The Balaban J connectivity index is 2.76. The van der Waals surface area contributed by atoms with E-state index in [1.165, 1.54) is 4.90 Å². The molecule has 0 fully saturated rings. The monoisotopic (exact) mass is 253 g/mol. The number of nitrogens with zero attached hydrogens (tertiary/aromatic N) is 1. The lowest BCUT2D eigenvalue weighted by atomic mass is 10.3. The molecule has 0 saturated heterocycles. The van der Waals surface area contributed by atoms with Crippen LogP contribution in [0, 0.1) is 0 Å². The third-order valence-electron chi connectivity index (χ3n) is 2.34. The van der Waals surface area contributed by atoms with Gasteiger partial charge in [-0.1, -0.05) is 18.2 Å². The molecule has 0 heterocycles. The SMILES string of the molecule is CCOC(CN(C(=O)O)c1ccccc1)OCC. The van der Waals surface area contributed by atoms with Crippen molar-refractivity contribution in [2.24, 2.45) is 0 Å². The summed E-state index contributed by atoms with van der Waals surface area (Å²) < 4.78 is 10.7. The van der Waals surface area contributed by atoms with Crippen LogP contribution in [0.3, 0.4) is 0 Å². The standard InChI is InChI=1S/C13H19NO4/c1-3-17-12(18-4-2)10-14(13(15)16)11-8-6-5-7-9-11/h5-9,12H,3-4,10H2,1-2H3,(H,15,16). The maximum absolute atomic E-state index is 11.3. The van der Waals surface area contributed by atoms with E-state index in [0.29, 0.717) is 18.9 Å². The fraction of sp³-hybridized carbons (Fsp3) is 0.462. The van der Waals surface area contributed by atoms with E-state index < -0.39 is 12.4 Å². The van der Waals surface area contributed by atoms with Crippen molar-refractivity contribution in [3.8, 4) is 0 Å². The third kappa shape index (κ3) is 4.35. The number of carboxylic acid groups (broad SMARTS) is 1. The quantitative estimate of drug-likeness (QED) is 0.759. The second-order valence-electron chi connectivity index (χ2n) is 3.57. The molecule has 1 amide bonds. The molecule has 0 aliphatic carbocycles. The topological polar surface area (TPSA) is 59.0 Å². The molecular weight excluding hydrogens is 234 g/mol. The highest BCUT2D eigenvalue weighted by molar-refractivity contribution is 5.85. The van der Waals surface area contributed by atoms with Gasteiger partial charge in [0.05, 0.1) is 6.54 Å². The van der Waals surface area contributed by atoms with Gasteiger partial charge < -0.3 is 14.6 Å². The highest BCUT2D eigenvalue weighted by Crippen LogP contribution is 2.15. The van der Waals surface area contributed by atoms with Crippen LogP contribution in [-0.4, -0.2) is 37.2 Å². The first-order valence-electron chi connectivity index (χ1n) is 5.97. The van der Waals surface area contributed by atoms with Gasteiger partial charge in [0.1, 0.15) is 0 Å². The number of hydrogen-bond acceptors (Lipinski definition) is 3. The van der Waals surface area contributed by atoms with Crippen molar-refractivity contribution >= 4 is 11.8 Å². The molecule has 0 bridgehead atoms. The minimum absolute atomic E-state index is 0.154. The molecule has 1 N–H and O–H groups in total. The van der Waals surface area contributed by atoms with E-state index in [1.807, 2.05) is 19.9 Å². The summed E-state index contributed by atoms with van der Waals surface area (Å²) in [5.74, 6) is 0. The molecule has 18 heavy (non-hydrogen) atoms. The predicted molar refractivity (Wildman–Crippen MR) is 68.9 cm³/mol. The number of rotatable bonds is 7. The van der Waals surface area contributed by atoms with Crippen LogP contribution in [0.15, 0.2) is 30.3 Å². The van der Waals surface area contributed by atoms with E-state index in [9.17, 15) is 9.90 Å². The van der Waals surface area contributed by atoms with Crippen LogP contribution < -0.4 is 4.90 Å². The number of benzene rings is 1. The lowest BCUT2D eigenvalue weighted by Gasteiger charge is -2.25. The van der Waals surface area contributed by atoms with Crippen LogP contribution in [0.4, 0.5) is 10.5 Å². The van der Waals surface area contributed by atoms with Gasteiger partial charge in [0.15, 0.2) is 6.29 Å². The summed E-state index contributed by atoms with van der Waals surface area (Å²) in [5.41, 5.74) is 0.606. The summed E-state index contributed by atoms with van der Waals surface area (Å²) in [6, 6.07) is 8.90. The lowest BCUT2D eigenvalue weighted by Crippen LogP contribution is -2.39. The van der Waals surface area contributed by atoms with Crippen LogP contribution in [0.2, 0.25) is 0 Å². The van der Waals surface area contributed by atoms with Gasteiger partial charge in [-0.15, -0.1) is 0 Å². The molecule has 100 valence electrons. The summed E-state index contributed by atoms with van der Waals surface area (Å²) in [6.07, 6.45) is -1.57. The molecule has 5 heteroatoms. The maximum Gasteiger partial charge on any atom is 0.411 e. The molecule has 0 radical (unpaired) electrons. The summed E-state index contributed by atoms with van der Waals surface area (Å²) >= 11 is 0. The van der Waals surface area contributed by atoms with Gasteiger partial charge in [-0.25, -0.2) is 4.79 Å². The van der Waals surface area contributed by atoms with Crippen LogP contribution in [-0.2, 0) is 9.47 Å². The molecule has 0 aromatic heterocycles. The largest absolute Gasteiger partial charge is 0.465 e. The van der Waals surface area contributed by atoms with Gasteiger partial charge in [-0.05, 0) is 26.0 Å². The lowest BCUT2D eigenvalue weighted by molar-refractivity contribution is -0.129. The van der Waals surface area contributed by atoms with Crippen LogP contribution in [0.1, 0.15) is 13.8 Å². The number of anilines is 1. The molecule has 1 aromatic rings. The van der Waals surface area contributed by atoms with E-state index in [1.54, 1.807) is 24.3 Å². The Morgan fingerprint density at radius 2 is 1.78 bits per heavy atom. The molecule has 0 atom stereocenters. The van der Waals surface area contributed by atoms with E-state index >= 15 is 0 Å². The van der Waals surface area contributed by atoms with Gasteiger partial charge in [0.25, 0.3) is 0 Å². The summed E-state index contributed by atoms with van der Waals surface area (Å²) in [6.45, 7) is 4.81. The highest BCUT2D eigenvalue weighted by Gasteiger charge is 2.20. The highest BCUT2D eigenvalue weighted by atomic mass is 16.7. The molecule has 0 aliphatic heterocycles. The van der Waals surface area contributed by atoms with Crippen molar-refractivity contribution in [3.05, 3.63) is 30.3 Å². The first kappa shape index (κ1) is 14.5. The fourth-order valence-corrected chi connectivity index (χ4v) is 1.58. The second-order valence-corrected chi connectivity index (χ2v) is 3.57. The number of amides is 1. The average Bonchev–Trinajstić information content (AvgIpc) is 2.37. The van der Waals surface area contributed by atoms with Gasteiger partial charge in [-0.3, -0.25) is 4.90 Å². The van der Waals surface area contributed by atoms with E-state index in [4.69, 9.17) is 9.47 Å². The number of hydrogen-bond donors (Lipinski definition) is 1. The molecular formula is C13H19NO4. The van der Waals surface area contributed by atoms with Crippen LogP contribution >= 0.6 is 0 Å². The first-order chi connectivity index (χ1) is 8.69. The molecule has 0 spiro atoms. The Kier molecular flexibility index (Phi) is 6.18. The van der Waals surface area contributed by atoms with Gasteiger partial charge in [0, 0.05) is 18.9 Å². The van der Waals surface area contributed by atoms with Gasteiger partial charge in [0.2, 0.25) is 0 Å². The Morgan fingerprint density at radius 3 is 2.22 bits per heavy atom. The number of ether oxygens (including phenoxy) is 2. The summed E-state index contributed by atoms with van der Waals surface area (Å²) in [7, 11) is 0. The molecule has 0 aliphatic rings. The van der Waals surface area contributed by atoms with Crippen molar-refractivity contribution in [2.45, 2.75) is 20.1 Å². The minimum atomic E-state index is -1.02. The third-order valence-corrected chi connectivity index (χ3v) is 2.34.